The van der Waals surface area contributed by atoms with Crippen LogP contribution in [0.5, 0.6) is 0 Å². The Hall–Kier alpha value is -3.19. The van der Waals surface area contributed by atoms with Crippen LogP contribution in [0.2, 0.25) is 0 Å². The van der Waals surface area contributed by atoms with Crippen LogP contribution in [-0.2, 0) is 58.1 Å². The SMILES string of the molecule is O=P(O)(O)c1ccc(P(c2ccc(P(=O)(O)O)cc2)c2ccc(P(=O)(O)O)cc2)cc1.O=P(O)(O)c1ccc(P(c2ccc(P(=O)(O)O)cc2)c2ccc(P(=O)(O)O)cc2)cc1.[C-]#[O+].[C-]#[O+].[C-]#[O+].[Co]. The van der Waals surface area contributed by atoms with Gasteiger partial charge in [-0.25, -0.2) is 0 Å². The maximum absolute atomic E-state index is 11.5. The van der Waals surface area contributed by atoms with Crippen molar-refractivity contribution in [3.8, 4) is 0 Å². The number of hydrogen-bond donors (Lipinski definition) is 12. The van der Waals surface area contributed by atoms with E-state index in [1.807, 2.05) is 0 Å². The number of hydrogen-bond acceptors (Lipinski definition) is 6. The van der Waals surface area contributed by atoms with Crippen LogP contribution in [0.4, 0.5) is 0 Å². The van der Waals surface area contributed by atoms with E-state index in [1.54, 1.807) is 72.8 Å². The molecule has 6 aromatic rings. The summed E-state index contributed by atoms with van der Waals surface area (Å²) in [6.45, 7) is 13.5. The second kappa shape index (κ2) is 27.0. The largest absolute Gasteiger partial charge is 0 e. The average Bonchev–Trinajstić information content (AvgIpc) is 3.28. The second-order valence-electron chi connectivity index (χ2n) is 13.0. The van der Waals surface area contributed by atoms with E-state index in [0.717, 1.165) is 0 Å². The van der Waals surface area contributed by atoms with E-state index in [4.69, 9.17) is 14.0 Å². The van der Waals surface area contributed by atoms with Crippen molar-refractivity contribution < 1.29 is 117 Å². The first kappa shape index (κ1) is 63.8. The molecular weight excluding hydrogens is 1110 g/mol. The molecule has 0 fully saturated rings. The van der Waals surface area contributed by atoms with E-state index in [1.165, 1.54) is 72.8 Å². The normalized spacial score (nSPS) is 11.7. The Morgan fingerprint density at radius 1 is 0.246 bits per heavy atom. The Kier molecular flexibility index (Phi) is 25.0. The summed E-state index contributed by atoms with van der Waals surface area (Å²) in [5, 5.41) is 3.17. The molecule has 0 unspecified atom stereocenters. The third-order valence-corrected chi connectivity index (χ3v) is 19.4. The van der Waals surface area contributed by atoms with Gasteiger partial charge in [0.15, 0.2) is 0 Å². The molecule has 21 nitrogen and oxygen atoms in total. The van der Waals surface area contributed by atoms with Gasteiger partial charge in [0.05, 0.1) is 31.8 Å². The summed E-state index contributed by atoms with van der Waals surface area (Å²) in [7, 11) is -29.3. The topological polar surface area (TPSA) is 405 Å². The Balaban J connectivity index is 0.000000615. The van der Waals surface area contributed by atoms with Crippen LogP contribution in [0, 0.1) is 20.0 Å². The van der Waals surface area contributed by atoms with Crippen molar-refractivity contribution >= 4 is 125 Å². The third-order valence-electron chi connectivity index (χ3n) is 8.67. The Morgan fingerprint density at radius 2 is 0.333 bits per heavy atom. The van der Waals surface area contributed by atoms with Crippen molar-refractivity contribution in [2.75, 3.05) is 0 Å². The van der Waals surface area contributed by atoms with Gasteiger partial charge >= 0.3 is 79.5 Å². The summed E-state index contributed by atoms with van der Waals surface area (Å²) in [5.41, 5.74) is 0. The van der Waals surface area contributed by atoms with Gasteiger partial charge in [0.2, 0.25) is 0 Å². The van der Waals surface area contributed by atoms with Crippen LogP contribution in [0.3, 0.4) is 0 Å². The van der Waals surface area contributed by atoms with Gasteiger partial charge in [-0.05, 0) is 120 Å². The van der Waals surface area contributed by atoms with Crippen LogP contribution in [0.15, 0.2) is 146 Å². The monoisotopic (exact) mass is 1150 g/mol. The zero-order valence-electron chi connectivity index (χ0n) is 34.3. The molecule has 0 aliphatic heterocycles. The van der Waals surface area contributed by atoms with Crippen LogP contribution in [0.1, 0.15) is 0 Å². The van der Waals surface area contributed by atoms with Crippen LogP contribution < -0.4 is 63.7 Å². The summed E-state index contributed by atoms with van der Waals surface area (Å²) in [6, 6.07) is 34.3. The molecule has 0 atom stereocenters. The van der Waals surface area contributed by atoms with Crippen LogP contribution in [0.25, 0.3) is 0 Å². The van der Waals surface area contributed by atoms with E-state index in [0.29, 0.717) is 31.8 Å². The van der Waals surface area contributed by atoms with Crippen LogP contribution in [-0.4, -0.2) is 58.7 Å². The molecule has 0 aliphatic carbocycles. The average molecular weight is 1150 g/mol. The predicted octanol–water partition coefficient (Wildman–Crippen LogP) is -0.407. The maximum Gasteiger partial charge on any atom is 0 e. The molecule has 69 heavy (non-hydrogen) atoms. The molecule has 0 aromatic heterocycles. The molecular formula is C39H36CoO21P8. The van der Waals surface area contributed by atoms with Gasteiger partial charge in [0.1, 0.15) is 0 Å². The van der Waals surface area contributed by atoms with Gasteiger partial charge in [-0.1, -0.05) is 72.8 Å². The smallest absolute Gasteiger partial charge is 0 e. The van der Waals surface area contributed by atoms with E-state index >= 15 is 0 Å². The third kappa shape index (κ3) is 18.7. The summed E-state index contributed by atoms with van der Waals surface area (Å²) in [5.74, 6) is 0. The van der Waals surface area contributed by atoms with Crippen molar-refractivity contribution in [2.45, 2.75) is 0 Å². The molecule has 6 aromatic carbocycles. The van der Waals surface area contributed by atoms with E-state index in [-0.39, 0.29) is 48.6 Å². The predicted molar refractivity (Wildman–Crippen MR) is 252 cm³/mol. The number of rotatable bonds is 12. The minimum absolute atomic E-state index is 0. The fourth-order valence-electron chi connectivity index (χ4n) is 5.67. The fourth-order valence-corrected chi connectivity index (χ4v) is 13.4. The van der Waals surface area contributed by atoms with Gasteiger partial charge < -0.3 is 58.7 Å². The molecule has 0 amide bonds. The summed E-state index contributed by atoms with van der Waals surface area (Å²) in [6.07, 6.45) is 0. The van der Waals surface area contributed by atoms with Gasteiger partial charge in [-0.15, -0.1) is 0 Å². The first-order valence-electron chi connectivity index (χ1n) is 17.7. The molecule has 0 heterocycles. The summed E-state index contributed by atoms with van der Waals surface area (Å²) >= 11 is 0. The summed E-state index contributed by atoms with van der Waals surface area (Å²) < 4.78 is 91.3. The summed E-state index contributed by atoms with van der Waals surface area (Å²) in [4.78, 5) is 112. The van der Waals surface area contributed by atoms with E-state index < -0.39 is 61.4 Å². The zero-order valence-corrected chi connectivity index (χ0v) is 42.5. The van der Waals surface area contributed by atoms with Gasteiger partial charge in [-0.2, -0.15) is 0 Å². The molecule has 0 bridgehead atoms. The number of benzene rings is 6. The molecule has 0 saturated carbocycles. The van der Waals surface area contributed by atoms with E-state index in [9.17, 15) is 86.1 Å². The van der Waals surface area contributed by atoms with Gasteiger partial charge in [0, 0.05) is 16.8 Å². The Morgan fingerprint density at radius 3 is 0.406 bits per heavy atom. The standard InChI is InChI=1S/2C18H18O9P4.3CO.Co/c2*19-29(20,21)16-7-1-13(2-8-16)28(14-3-9-17(10-4-14)30(22,23)24)15-5-11-18(12-6-15)31(25,26)27;3*1-2;/h2*1-12H,(H2,19,20,21)(H2,22,23,24)(H2,25,26,27);;;;. The quantitative estimate of drug-likeness (QED) is 0.0421. The zero-order chi connectivity index (χ0) is 52.1. The molecule has 12 N–H and O–H groups in total. The van der Waals surface area contributed by atoms with Crippen molar-refractivity contribution in [1.82, 2.24) is 0 Å². The molecule has 1 radical (unpaired) electrons. The molecule has 6 rings (SSSR count). The first-order valence-corrected chi connectivity index (χ1v) is 30.1. The Bertz CT molecular complexity index is 2450. The molecule has 0 aliphatic rings. The van der Waals surface area contributed by atoms with E-state index in [2.05, 4.69) is 20.0 Å². The second-order valence-corrected chi connectivity index (χ2v) is 27.1. The Labute approximate surface area is 405 Å². The van der Waals surface area contributed by atoms with Crippen molar-refractivity contribution in [3.63, 3.8) is 0 Å². The fraction of sp³-hybridized carbons (Fsp3) is 0. The molecule has 0 spiro atoms. The minimum Gasteiger partial charge on any atom is 0 e. The minimum atomic E-state index is -4.43. The molecule has 30 heteroatoms. The van der Waals surface area contributed by atoms with Gasteiger partial charge in [-0.3, -0.25) is 27.4 Å². The van der Waals surface area contributed by atoms with Crippen molar-refractivity contribution in [2.24, 2.45) is 0 Å². The van der Waals surface area contributed by atoms with Crippen LogP contribution >= 0.6 is 61.4 Å². The molecule has 367 valence electrons. The van der Waals surface area contributed by atoms with Crippen molar-refractivity contribution in [3.05, 3.63) is 166 Å². The maximum atomic E-state index is 11.5. The molecule has 0 saturated heterocycles. The first-order chi connectivity index (χ1) is 31.5. The van der Waals surface area contributed by atoms with Crippen molar-refractivity contribution in [1.29, 1.82) is 0 Å². The van der Waals surface area contributed by atoms with Gasteiger partial charge in [0.25, 0.3) is 0 Å².